The van der Waals surface area contributed by atoms with Gasteiger partial charge in [-0.15, -0.1) is 11.3 Å². The lowest BCUT2D eigenvalue weighted by Gasteiger charge is -2.34. The molecule has 1 atom stereocenters. The van der Waals surface area contributed by atoms with Crippen molar-refractivity contribution in [2.45, 2.75) is 26.1 Å². The molecule has 0 spiro atoms. The molecule has 1 unspecified atom stereocenters. The molecule has 0 N–H and O–H groups in total. The maximum Gasteiger partial charge on any atom is 0.246 e. The molecule has 0 radical (unpaired) electrons. The van der Waals surface area contributed by atoms with Gasteiger partial charge in [0.15, 0.2) is 0 Å². The Bertz CT molecular complexity index is 647. The SMILES string of the molecule is Cc1nc(CN2Cc3cncn3C(C(=O)N(C)C)C2)cs1. The molecule has 1 amide bonds. The summed E-state index contributed by atoms with van der Waals surface area (Å²) in [6.45, 7) is 4.27. The van der Waals surface area contributed by atoms with Crippen LogP contribution in [0, 0.1) is 6.92 Å². The zero-order valence-electron chi connectivity index (χ0n) is 12.5. The number of hydrogen-bond acceptors (Lipinski definition) is 5. The minimum Gasteiger partial charge on any atom is -0.347 e. The molecule has 0 saturated heterocycles. The first kappa shape index (κ1) is 14.2. The number of thiazole rings is 1. The Kier molecular flexibility index (Phi) is 3.77. The second kappa shape index (κ2) is 5.57. The third-order valence-corrected chi connectivity index (χ3v) is 4.50. The molecular formula is C14H19N5OS. The molecule has 112 valence electrons. The Morgan fingerprint density at radius 1 is 1.52 bits per heavy atom. The quantitative estimate of drug-likeness (QED) is 0.857. The Hall–Kier alpha value is -1.73. The summed E-state index contributed by atoms with van der Waals surface area (Å²) in [5.41, 5.74) is 2.15. The van der Waals surface area contributed by atoms with Crippen molar-refractivity contribution >= 4 is 17.2 Å². The predicted octanol–water partition coefficient (Wildman–Crippen LogP) is 1.29. The van der Waals surface area contributed by atoms with E-state index in [2.05, 4.69) is 20.2 Å². The second-order valence-electron chi connectivity index (χ2n) is 5.57. The van der Waals surface area contributed by atoms with E-state index in [0.717, 1.165) is 29.5 Å². The van der Waals surface area contributed by atoms with Crippen LogP contribution in [-0.2, 0) is 17.9 Å². The van der Waals surface area contributed by atoms with E-state index in [-0.39, 0.29) is 11.9 Å². The van der Waals surface area contributed by atoms with Crippen LogP contribution in [0.3, 0.4) is 0 Å². The molecule has 3 heterocycles. The smallest absolute Gasteiger partial charge is 0.246 e. The van der Waals surface area contributed by atoms with Crippen molar-refractivity contribution in [2.75, 3.05) is 20.6 Å². The van der Waals surface area contributed by atoms with Crippen molar-refractivity contribution in [1.29, 1.82) is 0 Å². The average molecular weight is 305 g/mol. The number of nitrogens with zero attached hydrogens (tertiary/aromatic N) is 5. The maximum absolute atomic E-state index is 12.4. The van der Waals surface area contributed by atoms with Gasteiger partial charge < -0.3 is 9.47 Å². The second-order valence-corrected chi connectivity index (χ2v) is 6.63. The van der Waals surface area contributed by atoms with Crippen molar-refractivity contribution < 1.29 is 4.79 Å². The Morgan fingerprint density at radius 3 is 3.00 bits per heavy atom. The summed E-state index contributed by atoms with van der Waals surface area (Å²) >= 11 is 1.66. The number of aryl methyl sites for hydroxylation is 1. The normalized spacial score (nSPS) is 18.5. The number of fused-ring (bicyclic) bond motifs is 1. The van der Waals surface area contributed by atoms with Crippen LogP contribution in [0.4, 0.5) is 0 Å². The number of hydrogen-bond donors (Lipinski definition) is 0. The molecule has 0 fully saturated rings. The first-order valence-electron chi connectivity index (χ1n) is 6.90. The van der Waals surface area contributed by atoms with Gasteiger partial charge >= 0.3 is 0 Å². The summed E-state index contributed by atoms with van der Waals surface area (Å²) < 4.78 is 1.99. The van der Waals surface area contributed by atoms with Gasteiger partial charge in [0.2, 0.25) is 5.91 Å². The molecule has 1 aliphatic rings. The van der Waals surface area contributed by atoms with E-state index in [4.69, 9.17) is 0 Å². The monoisotopic (exact) mass is 305 g/mol. The van der Waals surface area contributed by atoms with Crippen LogP contribution in [0.1, 0.15) is 22.4 Å². The van der Waals surface area contributed by atoms with Crippen LogP contribution in [0.15, 0.2) is 17.9 Å². The average Bonchev–Trinajstić information content (AvgIpc) is 3.05. The van der Waals surface area contributed by atoms with Crippen LogP contribution in [0.2, 0.25) is 0 Å². The largest absolute Gasteiger partial charge is 0.347 e. The molecule has 1 aliphatic heterocycles. The number of imidazole rings is 1. The minimum absolute atomic E-state index is 0.105. The Morgan fingerprint density at radius 2 is 2.33 bits per heavy atom. The topological polar surface area (TPSA) is 54.3 Å². The first-order valence-corrected chi connectivity index (χ1v) is 7.78. The van der Waals surface area contributed by atoms with Gasteiger partial charge in [-0.2, -0.15) is 0 Å². The highest BCUT2D eigenvalue weighted by molar-refractivity contribution is 7.09. The van der Waals surface area contributed by atoms with Gasteiger partial charge in [0.1, 0.15) is 6.04 Å². The maximum atomic E-state index is 12.4. The van der Waals surface area contributed by atoms with Gasteiger partial charge in [0.25, 0.3) is 0 Å². The van der Waals surface area contributed by atoms with Gasteiger partial charge in [-0.25, -0.2) is 9.97 Å². The highest BCUT2D eigenvalue weighted by Gasteiger charge is 2.31. The van der Waals surface area contributed by atoms with Crippen molar-refractivity contribution in [3.63, 3.8) is 0 Å². The fourth-order valence-electron chi connectivity index (χ4n) is 2.69. The standard InChI is InChI=1S/C14H19N5OS/c1-10-16-11(8-21-10)5-18-6-12-4-15-9-19(12)13(7-18)14(20)17(2)3/h4,8-9,13H,5-7H2,1-3H3. The molecule has 6 nitrogen and oxygen atoms in total. The number of amides is 1. The summed E-state index contributed by atoms with van der Waals surface area (Å²) in [5.74, 6) is 0.105. The summed E-state index contributed by atoms with van der Waals surface area (Å²) in [4.78, 5) is 25.0. The van der Waals surface area contributed by atoms with Gasteiger partial charge in [0, 0.05) is 45.3 Å². The number of carbonyl (C=O) groups excluding carboxylic acids is 1. The van der Waals surface area contributed by atoms with Crippen LogP contribution >= 0.6 is 11.3 Å². The van der Waals surface area contributed by atoms with Crippen LogP contribution in [0.5, 0.6) is 0 Å². The van der Waals surface area contributed by atoms with Crippen molar-refractivity contribution in [2.24, 2.45) is 0 Å². The summed E-state index contributed by atoms with van der Waals surface area (Å²) in [5, 5.41) is 3.16. The van der Waals surface area contributed by atoms with Gasteiger partial charge in [0.05, 0.1) is 22.7 Å². The fraction of sp³-hybridized carbons (Fsp3) is 0.500. The zero-order valence-corrected chi connectivity index (χ0v) is 13.3. The number of aromatic nitrogens is 3. The van der Waals surface area contributed by atoms with Crippen molar-refractivity contribution in [3.8, 4) is 0 Å². The predicted molar refractivity (Wildman–Crippen MR) is 80.9 cm³/mol. The van der Waals surface area contributed by atoms with E-state index in [1.165, 1.54) is 0 Å². The minimum atomic E-state index is -0.203. The Labute approximate surface area is 128 Å². The van der Waals surface area contributed by atoms with Crippen LogP contribution < -0.4 is 0 Å². The molecule has 2 aromatic rings. The molecule has 0 aromatic carbocycles. The molecule has 0 saturated carbocycles. The fourth-order valence-corrected chi connectivity index (χ4v) is 3.29. The van der Waals surface area contributed by atoms with Crippen LogP contribution in [-0.4, -0.2) is 50.9 Å². The number of carbonyl (C=O) groups is 1. The summed E-state index contributed by atoms with van der Waals surface area (Å²) in [6, 6.07) is -0.203. The molecule has 0 aliphatic carbocycles. The van der Waals surface area contributed by atoms with Gasteiger partial charge in [-0.05, 0) is 6.92 Å². The van der Waals surface area contributed by atoms with E-state index in [9.17, 15) is 4.79 Å². The summed E-state index contributed by atoms with van der Waals surface area (Å²) in [6.07, 6.45) is 3.60. The Balaban J connectivity index is 1.81. The van der Waals surface area contributed by atoms with E-state index < -0.39 is 0 Å². The molecule has 0 bridgehead atoms. The molecule has 3 rings (SSSR count). The lowest BCUT2D eigenvalue weighted by Crippen LogP contribution is -2.43. The highest BCUT2D eigenvalue weighted by atomic mass is 32.1. The molecule has 2 aromatic heterocycles. The third-order valence-electron chi connectivity index (χ3n) is 3.68. The third kappa shape index (κ3) is 2.84. The lowest BCUT2D eigenvalue weighted by molar-refractivity contribution is -0.133. The van der Waals surface area contributed by atoms with Crippen molar-refractivity contribution in [1.82, 2.24) is 24.3 Å². The highest BCUT2D eigenvalue weighted by Crippen LogP contribution is 2.24. The van der Waals surface area contributed by atoms with Gasteiger partial charge in [-0.3, -0.25) is 9.69 Å². The van der Waals surface area contributed by atoms with Gasteiger partial charge in [-0.1, -0.05) is 0 Å². The molecular weight excluding hydrogens is 286 g/mol. The van der Waals surface area contributed by atoms with E-state index in [1.807, 2.05) is 17.7 Å². The van der Waals surface area contributed by atoms with Crippen molar-refractivity contribution in [3.05, 3.63) is 34.3 Å². The van der Waals surface area contributed by atoms with E-state index in [0.29, 0.717) is 6.54 Å². The van der Waals surface area contributed by atoms with E-state index in [1.54, 1.807) is 36.7 Å². The number of rotatable bonds is 3. The first-order chi connectivity index (χ1) is 10.0. The summed E-state index contributed by atoms with van der Waals surface area (Å²) in [7, 11) is 3.59. The number of likely N-dealkylation sites (N-methyl/N-ethyl adjacent to an activating group) is 1. The molecule has 7 heteroatoms. The van der Waals surface area contributed by atoms with E-state index >= 15 is 0 Å². The molecule has 21 heavy (non-hydrogen) atoms. The lowest BCUT2D eigenvalue weighted by atomic mass is 10.1. The van der Waals surface area contributed by atoms with Crippen LogP contribution in [0.25, 0.3) is 0 Å². The zero-order chi connectivity index (χ0) is 15.0.